The van der Waals surface area contributed by atoms with Crippen LogP contribution in [-0.4, -0.2) is 53.6 Å². The maximum atomic E-state index is 10.0. The molecule has 1 aromatic carbocycles. The van der Waals surface area contributed by atoms with E-state index >= 15 is 0 Å². The summed E-state index contributed by atoms with van der Waals surface area (Å²) in [6.07, 6.45) is 0.0538. The maximum Gasteiger partial charge on any atom is 0.137 e. The quantitative estimate of drug-likeness (QED) is 0.817. The van der Waals surface area contributed by atoms with Gasteiger partial charge in [-0.2, -0.15) is 5.26 Å². The third-order valence-corrected chi connectivity index (χ3v) is 3.90. The standard InChI is InChI=1S/C16H22N2O3/c1-12(19)14-6-7-18(9-14)10-15(20)11-21-16-5-3-2-4-13(16)8-17/h2-5,12,14-15,19-20H,6-7,9-11H2,1H3. The number of nitriles is 1. The molecule has 0 saturated carbocycles. The summed E-state index contributed by atoms with van der Waals surface area (Å²) < 4.78 is 5.53. The minimum absolute atomic E-state index is 0.161. The Morgan fingerprint density at radius 3 is 2.86 bits per heavy atom. The Balaban J connectivity index is 1.78. The van der Waals surface area contributed by atoms with Crippen LogP contribution in [0.3, 0.4) is 0 Å². The Labute approximate surface area is 125 Å². The summed E-state index contributed by atoms with van der Waals surface area (Å²) >= 11 is 0. The molecule has 3 atom stereocenters. The second-order valence-corrected chi connectivity index (χ2v) is 5.62. The molecule has 1 aromatic rings. The molecular formula is C16H22N2O3. The molecule has 0 aromatic heterocycles. The molecular weight excluding hydrogens is 268 g/mol. The van der Waals surface area contributed by atoms with Crippen molar-refractivity contribution in [3.05, 3.63) is 29.8 Å². The van der Waals surface area contributed by atoms with Crippen LogP contribution in [0.15, 0.2) is 24.3 Å². The van der Waals surface area contributed by atoms with Gasteiger partial charge in [0.25, 0.3) is 0 Å². The molecule has 1 aliphatic heterocycles. The molecule has 0 radical (unpaired) electrons. The van der Waals surface area contributed by atoms with Gasteiger partial charge >= 0.3 is 0 Å². The van der Waals surface area contributed by atoms with Gasteiger partial charge in [-0.05, 0) is 37.9 Å². The van der Waals surface area contributed by atoms with Crippen LogP contribution in [0.1, 0.15) is 18.9 Å². The molecule has 0 amide bonds. The summed E-state index contributed by atoms with van der Waals surface area (Å²) in [6.45, 7) is 4.20. The first-order valence-corrected chi connectivity index (χ1v) is 7.30. The largest absolute Gasteiger partial charge is 0.489 e. The molecule has 2 rings (SSSR count). The minimum Gasteiger partial charge on any atom is -0.489 e. The normalized spacial score (nSPS) is 21.7. The van der Waals surface area contributed by atoms with Crippen LogP contribution in [0.4, 0.5) is 0 Å². The number of hydrogen-bond acceptors (Lipinski definition) is 5. The van der Waals surface area contributed by atoms with Crippen LogP contribution in [0, 0.1) is 17.2 Å². The predicted molar refractivity (Wildman–Crippen MR) is 78.9 cm³/mol. The van der Waals surface area contributed by atoms with Gasteiger partial charge in [0.2, 0.25) is 0 Å². The molecule has 1 aliphatic rings. The topological polar surface area (TPSA) is 76.7 Å². The first-order chi connectivity index (χ1) is 10.1. The summed E-state index contributed by atoms with van der Waals surface area (Å²) in [5.74, 6) is 0.791. The van der Waals surface area contributed by atoms with Crippen LogP contribution in [0.25, 0.3) is 0 Å². The van der Waals surface area contributed by atoms with Crippen LogP contribution in [0.2, 0.25) is 0 Å². The molecule has 114 valence electrons. The number of aliphatic hydroxyl groups is 2. The number of β-amino-alcohol motifs (C(OH)–C–C–N with tert-alkyl or cyclic N) is 1. The van der Waals surface area contributed by atoms with Crippen LogP contribution in [-0.2, 0) is 0 Å². The molecule has 0 bridgehead atoms. The lowest BCUT2D eigenvalue weighted by Gasteiger charge is -2.21. The van der Waals surface area contributed by atoms with Gasteiger partial charge in [-0.1, -0.05) is 12.1 Å². The number of nitrogens with zero attached hydrogens (tertiary/aromatic N) is 2. The first kappa shape index (κ1) is 15.8. The molecule has 2 N–H and O–H groups in total. The van der Waals surface area contributed by atoms with Crippen molar-refractivity contribution in [3.8, 4) is 11.8 Å². The molecule has 1 heterocycles. The number of para-hydroxylation sites is 1. The van der Waals surface area contributed by atoms with Gasteiger partial charge in [0, 0.05) is 13.1 Å². The second-order valence-electron chi connectivity index (χ2n) is 5.62. The van der Waals surface area contributed by atoms with Crippen molar-refractivity contribution in [2.45, 2.75) is 25.6 Å². The Bertz CT molecular complexity index is 499. The summed E-state index contributed by atoms with van der Waals surface area (Å²) in [5.41, 5.74) is 0.472. The third kappa shape index (κ3) is 4.43. The lowest BCUT2D eigenvalue weighted by molar-refractivity contribution is 0.0695. The molecule has 5 heteroatoms. The van der Waals surface area contributed by atoms with Crippen LogP contribution in [0.5, 0.6) is 5.75 Å². The third-order valence-electron chi connectivity index (χ3n) is 3.90. The van der Waals surface area contributed by atoms with Gasteiger partial charge in [0.05, 0.1) is 11.7 Å². The van der Waals surface area contributed by atoms with E-state index in [-0.39, 0.29) is 18.6 Å². The molecule has 0 spiro atoms. The summed E-state index contributed by atoms with van der Waals surface area (Å²) in [5, 5.41) is 28.6. The highest BCUT2D eigenvalue weighted by atomic mass is 16.5. The zero-order valence-corrected chi connectivity index (χ0v) is 12.3. The van der Waals surface area contributed by atoms with E-state index in [1.165, 1.54) is 0 Å². The van der Waals surface area contributed by atoms with Crippen LogP contribution >= 0.6 is 0 Å². The van der Waals surface area contributed by atoms with E-state index < -0.39 is 6.10 Å². The fourth-order valence-electron chi connectivity index (χ4n) is 2.64. The Kier molecular flexibility index (Phi) is 5.57. The minimum atomic E-state index is -0.607. The summed E-state index contributed by atoms with van der Waals surface area (Å²) in [6, 6.07) is 9.06. The zero-order chi connectivity index (χ0) is 15.2. The Hall–Kier alpha value is -1.61. The van der Waals surface area contributed by atoms with Crippen molar-refractivity contribution in [2.24, 2.45) is 5.92 Å². The molecule has 5 nitrogen and oxygen atoms in total. The zero-order valence-electron chi connectivity index (χ0n) is 12.3. The van der Waals surface area contributed by atoms with Gasteiger partial charge in [0.1, 0.15) is 24.5 Å². The van der Waals surface area contributed by atoms with Gasteiger partial charge in [-0.25, -0.2) is 0 Å². The van der Waals surface area contributed by atoms with Crippen molar-refractivity contribution in [3.63, 3.8) is 0 Å². The molecule has 3 unspecified atom stereocenters. The number of ether oxygens (including phenoxy) is 1. The van der Waals surface area contributed by atoms with Crippen molar-refractivity contribution in [2.75, 3.05) is 26.2 Å². The number of hydrogen-bond donors (Lipinski definition) is 2. The molecule has 0 aliphatic carbocycles. The van der Waals surface area contributed by atoms with Crippen molar-refractivity contribution in [1.82, 2.24) is 4.90 Å². The SMILES string of the molecule is CC(O)C1CCN(CC(O)COc2ccccc2C#N)C1. The first-order valence-electron chi connectivity index (χ1n) is 7.30. The smallest absolute Gasteiger partial charge is 0.137 e. The predicted octanol–water partition coefficient (Wildman–Crippen LogP) is 1.00. The van der Waals surface area contributed by atoms with Crippen molar-refractivity contribution < 1.29 is 14.9 Å². The van der Waals surface area contributed by atoms with Crippen molar-refractivity contribution >= 4 is 0 Å². The number of rotatable bonds is 6. The van der Waals surface area contributed by atoms with E-state index in [0.717, 1.165) is 19.5 Å². The van der Waals surface area contributed by atoms with E-state index in [1.807, 2.05) is 6.92 Å². The highest BCUT2D eigenvalue weighted by Gasteiger charge is 2.27. The maximum absolute atomic E-state index is 10.0. The highest BCUT2D eigenvalue weighted by molar-refractivity contribution is 5.42. The van der Waals surface area contributed by atoms with Gasteiger partial charge in [0.15, 0.2) is 0 Å². The van der Waals surface area contributed by atoms with Crippen molar-refractivity contribution in [1.29, 1.82) is 5.26 Å². The summed E-state index contributed by atoms with van der Waals surface area (Å²) in [4.78, 5) is 2.14. The summed E-state index contributed by atoms with van der Waals surface area (Å²) in [7, 11) is 0. The van der Waals surface area contributed by atoms with Gasteiger partial charge in [-0.15, -0.1) is 0 Å². The molecule has 1 saturated heterocycles. The fraction of sp³-hybridized carbons (Fsp3) is 0.562. The lowest BCUT2D eigenvalue weighted by atomic mass is 10.0. The van der Waals surface area contributed by atoms with E-state index in [1.54, 1.807) is 24.3 Å². The van der Waals surface area contributed by atoms with E-state index in [2.05, 4.69) is 11.0 Å². The van der Waals surface area contributed by atoms with Crippen LogP contribution < -0.4 is 4.74 Å². The second kappa shape index (κ2) is 7.41. The monoisotopic (exact) mass is 290 g/mol. The number of aliphatic hydroxyl groups excluding tert-OH is 2. The Morgan fingerprint density at radius 1 is 1.43 bits per heavy atom. The molecule has 21 heavy (non-hydrogen) atoms. The van der Waals surface area contributed by atoms with Gasteiger partial charge in [-0.3, -0.25) is 0 Å². The van der Waals surface area contributed by atoms with Gasteiger partial charge < -0.3 is 19.8 Å². The average molecular weight is 290 g/mol. The fourth-order valence-corrected chi connectivity index (χ4v) is 2.64. The number of likely N-dealkylation sites (tertiary alicyclic amines) is 1. The lowest BCUT2D eigenvalue weighted by Crippen LogP contribution is -2.35. The van der Waals surface area contributed by atoms with E-state index in [9.17, 15) is 10.2 Å². The number of benzene rings is 1. The van der Waals surface area contributed by atoms with E-state index in [0.29, 0.717) is 17.9 Å². The van der Waals surface area contributed by atoms with E-state index in [4.69, 9.17) is 10.00 Å². The average Bonchev–Trinajstić information content (AvgIpc) is 2.94. The molecule has 1 fully saturated rings. The highest BCUT2D eigenvalue weighted by Crippen LogP contribution is 2.20. The Morgan fingerprint density at radius 2 is 2.19 bits per heavy atom.